The molecule has 0 saturated carbocycles. The zero-order chi connectivity index (χ0) is 15.1. The van der Waals surface area contributed by atoms with Gasteiger partial charge in [-0.25, -0.2) is 0 Å². The van der Waals surface area contributed by atoms with Crippen LogP contribution in [-0.2, 0) is 0 Å². The van der Waals surface area contributed by atoms with Gasteiger partial charge in [-0.15, -0.1) is 0 Å². The number of hydrogen-bond acceptors (Lipinski definition) is 4. The van der Waals surface area contributed by atoms with Gasteiger partial charge in [-0.2, -0.15) is 5.26 Å². The predicted molar refractivity (Wildman–Crippen MR) is 85.8 cm³/mol. The van der Waals surface area contributed by atoms with Crippen LogP contribution in [0.2, 0.25) is 0 Å². The highest BCUT2D eigenvalue weighted by Crippen LogP contribution is 2.25. The summed E-state index contributed by atoms with van der Waals surface area (Å²) in [6.07, 6.45) is 0. The van der Waals surface area contributed by atoms with Crippen LogP contribution in [0.4, 0.5) is 5.69 Å². The van der Waals surface area contributed by atoms with Crippen molar-refractivity contribution in [1.29, 1.82) is 5.26 Å². The van der Waals surface area contributed by atoms with E-state index in [0.29, 0.717) is 30.2 Å². The minimum Gasteiger partial charge on any atom is -0.493 e. The number of halogens is 1. The van der Waals surface area contributed by atoms with Gasteiger partial charge in [-0.3, -0.25) is 0 Å². The second-order valence-corrected chi connectivity index (χ2v) is 5.14. The van der Waals surface area contributed by atoms with Crippen LogP contribution in [0.5, 0.6) is 11.5 Å². The number of nitrogens with zero attached hydrogens (tertiary/aromatic N) is 1. The van der Waals surface area contributed by atoms with Crippen molar-refractivity contribution < 1.29 is 9.47 Å². The van der Waals surface area contributed by atoms with Crippen LogP contribution < -0.4 is 14.8 Å². The maximum atomic E-state index is 9.06. The fourth-order valence-electron chi connectivity index (χ4n) is 1.84. The molecule has 4 nitrogen and oxygen atoms in total. The molecule has 0 aliphatic rings. The van der Waals surface area contributed by atoms with Gasteiger partial charge in [0.05, 0.1) is 18.4 Å². The molecule has 2 aromatic carbocycles. The fourth-order valence-corrected chi connectivity index (χ4v) is 2.21. The van der Waals surface area contributed by atoms with Crippen molar-refractivity contribution >= 4 is 21.6 Å². The molecule has 0 radical (unpaired) electrons. The number of para-hydroxylation sites is 2. The molecule has 0 aromatic heterocycles. The third kappa shape index (κ3) is 4.14. The Kier molecular flexibility index (Phi) is 5.47. The van der Waals surface area contributed by atoms with Crippen LogP contribution in [0.1, 0.15) is 5.56 Å². The molecule has 0 heterocycles. The number of methoxy groups -OCH3 is 1. The summed E-state index contributed by atoms with van der Waals surface area (Å²) < 4.78 is 11.8. The first-order valence-corrected chi connectivity index (χ1v) is 7.23. The van der Waals surface area contributed by atoms with E-state index in [9.17, 15) is 0 Å². The number of anilines is 1. The Morgan fingerprint density at radius 2 is 1.95 bits per heavy atom. The maximum absolute atomic E-state index is 9.06. The van der Waals surface area contributed by atoms with Crippen molar-refractivity contribution in [3.05, 3.63) is 52.5 Å². The van der Waals surface area contributed by atoms with Crippen molar-refractivity contribution in [2.24, 2.45) is 0 Å². The van der Waals surface area contributed by atoms with E-state index in [1.54, 1.807) is 13.2 Å². The summed E-state index contributed by atoms with van der Waals surface area (Å²) in [7, 11) is 1.61. The molecular weight excluding hydrogens is 332 g/mol. The topological polar surface area (TPSA) is 54.3 Å². The highest BCUT2D eigenvalue weighted by molar-refractivity contribution is 9.10. The molecule has 2 rings (SSSR count). The van der Waals surface area contributed by atoms with Crippen LogP contribution in [0.3, 0.4) is 0 Å². The molecule has 0 unspecified atom stereocenters. The first-order valence-electron chi connectivity index (χ1n) is 6.44. The quantitative estimate of drug-likeness (QED) is 0.807. The van der Waals surface area contributed by atoms with E-state index in [-0.39, 0.29) is 0 Å². The van der Waals surface area contributed by atoms with Gasteiger partial charge in [0.15, 0.2) is 11.5 Å². The van der Waals surface area contributed by atoms with Crippen molar-refractivity contribution in [2.45, 2.75) is 0 Å². The zero-order valence-corrected chi connectivity index (χ0v) is 13.2. The largest absolute Gasteiger partial charge is 0.493 e. The lowest BCUT2D eigenvalue weighted by Crippen LogP contribution is -2.12. The van der Waals surface area contributed by atoms with E-state index in [4.69, 9.17) is 14.7 Å². The molecule has 0 saturated heterocycles. The number of rotatable bonds is 6. The highest BCUT2D eigenvalue weighted by atomic mass is 79.9. The highest BCUT2D eigenvalue weighted by Gasteiger charge is 2.04. The summed E-state index contributed by atoms with van der Waals surface area (Å²) in [5.74, 6) is 1.41. The van der Waals surface area contributed by atoms with Gasteiger partial charge < -0.3 is 14.8 Å². The lowest BCUT2D eigenvalue weighted by atomic mass is 10.2. The molecule has 5 heteroatoms. The van der Waals surface area contributed by atoms with Crippen LogP contribution in [0.15, 0.2) is 46.9 Å². The zero-order valence-electron chi connectivity index (χ0n) is 11.6. The standard InChI is InChI=1S/C16H15BrN2O2/c1-20-15-4-2-3-5-16(15)21-9-8-19-14-10-13(17)7-6-12(14)11-18/h2-7,10,19H,8-9H2,1H3. The Morgan fingerprint density at radius 1 is 1.19 bits per heavy atom. The molecule has 21 heavy (non-hydrogen) atoms. The summed E-state index contributed by atoms with van der Waals surface area (Å²) in [5.41, 5.74) is 1.39. The average Bonchev–Trinajstić information content (AvgIpc) is 2.52. The number of nitrogens with one attached hydrogen (secondary N) is 1. The Labute approximate surface area is 132 Å². The second-order valence-electron chi connectivity index (χ2n) is 4.23. The van der Waals surface area contributed by atoms with Crippen molar-refractivity contribution in [3.8, 4) is 17.6 Å². The van der Waals surface area contributed by atoms with Gasteiger partial charge in [0, 0.05) is 11.0 Å². The monoisotopic (exact) mass is 346 g/mol. The maximum Gasteiger partial charge on any atom is 0.161 e. The molecule has 108 valence electrons. The molecular formula is C16H15BrN2O2. The van der Waals surface area contributed by atoms with Gasteiger partial charge in [-0.05, 0) is 30.3 Å². The van der Waals surface area contributed by atoms with E-state index in [0.717, 1.165) is 10.2 Å². The number of nitriles is 1. The van der Waals surface area contributed by atoms with Gasteiger partial charge >= 0.3 is 0 Å². The molecule has 1 N–H and O–H groups in total. The minimum absolute atomic E-state index is 0.470. The van der Waals surface area contributed by atoms with Gasteiger partial charge in [-0.1, -0.05) is 28.1 Å². The van der Waals surface area contributed by atoms with Gasteiger partial charge in [0.2, 0.25) is 0 Å². The third-order valence-electron chi connectivity index (χ3n) is 2.85. The molecule has 0 atom stereocenters. The fraction of sp³-hybridized carbons (Fsp3) is 0.188. The summed E-state index contributed by atoms with van der Waals surface area (Å²) in [4.78, 5) is 0. The summed E-state index contributed by atoms with van der Waals surface area (Å²) in [5, 5.41) is 12.3. The van der Waals surface area contributed by atoms with Crippen LogP contribution in [-0.4, -0.2) is 20.3 Å². The second kappa shape index (κ2) is 7.55. The minimum atomic E-state index is 0.470. The Balaban J connectivity index is 1.91. The van der Waals surface area contributed by atoms with E-state index in [1.807, 2.05) is 36.4 Å². The van der Waals surface area contributed by atoms with Crippen molar-refractivity contribution in [1.82, 2.24) is 0 Å². The van der Waals surface area contributed by atoms with Crippen LogP contribution in [0.25, 0.3) is 0 Å². The van der Waals surface area contributed by atoms with Crippen molar-refractivity contribution in [2.75, 3.05) is 25.6 Å². The molecule has 2 aromatic rings. The summed E-state index contributed by atoms with van der Waals surface area (Å²) in [6.45, 7) is 1.06. The van der Waals surface area contributed by atoms with Crippen LogP contribution >= 0.6 is 15.9 Å². The third-order valence-corrected chi connectivity index (χ3v) is 3.34. The van der Waals surface area contributed by atoms with Crippen molar-refractivity contribution in [3.63, 3.8) is 0 Å². The molecule has 0 aliphatic heterocycles. The van der Waals surface area contributed by atoms with Gasteiger partial charge in [0.25, 0.3) is 0 Å². The molecule has 0 amide bonds. The summed E-state index contributed by atoms with van der Waals surface area (Å²) in [6, 6.07) is 15.1. The van der Waals surface area contributed by atoms with Gasteiger partial charge in [0.1, 0.15) is 12.7 Å². The molecule has 0 bridgehead atoms. The lowest BCUT2D eigenvalue weighted by molar-refractivity contribution is 0.306. The normalized spacial score (nSPS) is 9.76. The Bertz CT molecular complexity index is 653. The number of benzene rings is 2. The van der Waals surface area contributed by atoms with E-state index < -0.39 is 0 Å². The number of hydrogen-bond donors (Lipinski definition) is 1. The van der Waals surface area contributed by atoms with Crippen LogP contribution in [0, 0.1) is 11.3 Å². The first-order chi connectivity index (χ1) is 10.2. The van der Waals surface area contributed by atoms with E-state index in [2.05, 4.69) is 27.3 Å². The Hall–Kier alpha value is -2.19. The first kappa shape index (κ1) is 15.2. The summed E-state index contributed by atoms with van der Waals surface area (Å²) >= 11 is 3.39. The number of ether oxygens (including phenoxy) is 2. The average molecular weight is 347 g/mol. The van der Waals surface area contributed by atoms with E-state index >= 15 is 0 Å². The molecule has 0 aliphatic carbocycles. The molecule has 0 fully saturated rings. The smallest absolute Gasteiger partial charge is 0.161 e. The predicted octanol–water partition coefficient (Wildman–Crippen LogP) is 3.82. The SMILES string of the molecule is COc1ccccc1OCCNc1cc(Br)ccc1C#N. The Morgan fingerprint density at radius 3 is 2.67 bits per heavy atom. The van der Waals surface area contributed by atoms with E-state index in [1.165, 1.54) is 0 Å². The lowest BCUT2D eigenvalue weighted by Gasteiger charge is -2.12. The molecule has 0 spiro atoms.